The number of nitro benzene ring substituents is 1. The molecule has 2 rings (SSSR count). The van der Waals surface area contributed by atoms with Crippen LogP contribution in [0, 0.1) is 10.1 Å². The van der Waals surface area contributed by atoms with Crippen molar-refractivity contribution in [3.8, 4) is 11.1 Å². The number of benzene rings is 2. The van der Waals surface area contributed by atoms with Crippen LogP contribution in [0.15, 0.2) is 30.3 Å². The molecule has 0 aliphatic rings. The molecule has 0 unspecified atom stereocenters. The fourth-order valence-corrected chi connectivity index (χ4v) is 7.60. The van der Waals surface area contributed by atoms with Gasteiger partial charge in [-0.3, -0.25) is 10.1 Å². The number of hydrogen-bond acceptors (Lipinski definition) is 4. The minimum Gasteiger partial charge on any atom is -0.392 e. The first-order chi connectivity index (χ1) is 12.4. The molecule has 0 saturated carbocycles. The van der Waals surface area contributed by atoms with Crippen molar-refractivity contribution in [3.05, 3.63) is 51.6 Å². The average Bonchev–Trinajstić information content (AvgIpc) is 2.57. The Labute approximate surface area is 162 Å². The molecule has 0 aliphatic carbocycles. The predicted octanol–water partition coefficient (Wildman–Crippen LogP) is 3.34. The van der Waals surface area contributed by atoms with Crippen molar-refractivity contribution in [2.75, 3.05) is 0 Å². The summed E-state index contributed by atoms with van der Waals surface area (Å²) in [5.41, 5.74) is 3.04. The van der Waals surface area contributed by atoms with Gasteiger partial charge in [0.2, 0.25) is 0 Å². The molecule has 0 amide bonds. The summed E-state index contributed by atoms with van der Waals surface area (Å²) in [4.78, 5) is 11.3. The van der Waals surface area contributed by atoms with Gasteiger partial charge in [0.25, 0.3) is 5.69 Å². The second-order valence-electron chi connectivity index (χ2n) is 8.89. The fraction of sp³-hybridized carbons (Fsp3) is 0.400. The van der Waals surface area contributed by atoms with Gasteiger partial charge in [-0.2, -0.15) is 0 Å². The van der Waals surface area contributed by atoms with E-state index in [-0.39, 0.29) is 23.8 Å². The van der Waals surface area contributed by atoms with Crippen molar-refractivity contribution in [2.24, 2.45) is 0 Å². The molecule has 0 radical (unpaired) electrons. The number of nitrogens with zero attached hydrogens (tertiary/aromatic N) is 1. The van der Waals surface area contributed by atoms with Crippen molar-refractivity contribution in [1.82, 2.24) is 0 Å². The molecule has 2 N–H and O–H groups in total. The smallest absolute Gasteiger partial charge is 0.277 e. The third-order valence-electron chi connectivity index (χ3n) is 4.81. The zero-order valence-corrected chi connectivity index (χ0v) is 19.0. The third-order valence-corrected chi connectivity index (χ3v) is 8.95. The first-order valence-corrected chi connectivity index (χ1v) is 16.1. The average molecular weight is 404 g/mol. The maximum atomic E-state index is 11.7. The molecule has 2 aromatic carbocycles. The second-order valence-corrected chi connectivity index (χ2v) is 18.9. The molecule has 0 aliphatic heterocycles. The van der Waals surface area contributed by atoms with Crippen LogP contribution in [-0.4, -0.2) is 31.3 Å². The van der Waals surface area contributed by atoms with Gasteiger partial charge in [0, 0.05) is 6.07 Å². The van der Waals surface area contributed by atoms with Crippen LogP contribution in [0.2, 0.25) is 39.3 Å². The quantitative estimate of drug-likeness (QED) is 0.440. The molecule has 0 fully saturated rings. The minimum absolute atomic E-state index is 0.0687. The third kappa shape index (κ3) is 4.21. The van der Waals surface area contributed by atoms with E-state index < -0.39 is 16.1 Å². The highest BCUT2D eigenvalue weighted by molar-refractivity contribution is 6.91. The summed E-state index contributed by atoms with van der Waals surface area (Å²) in [6.45, 7) is 12.7. The van der Waals surface area contributed by atoms with Gasteiger partial charge in [-0.05, 0) is 27.9 Å². The van der Waals surface area contributed by atoms with Crippen molar-refractivity contribution >= 4 is 32.2 Å². The van der Waals surface area contributed by atoms with E-state index in [1.165, 1.54) is 6.07 Å². The molecule has 0 saturated heterocycles. The fourth-order valence-electron chi connectivity index (χ4n) is 3.73. The van der Waals surface area contributed by atoms with E-state index in [0.717, 1.165) is 27.1 Å². The lowest BCUT2D eigenvalue weighted by atomic mass is 9.97. The summed E-state index contributed by atoms with van der Waals surface area (Å²) >= 11 is 0. The van der Waals surface area contributed by atoms with Crippen LogP contribution in [0.5, 0.6) is 0 Å². The molecule has 0 atom stereocenters. The lowest BCUT2D eigenvalue weighted by molar-refractivity contribution is -0.384. The van der Waals surface area contributed by atoms with E-state index >= 15 is 0 Å². The van der Waals surface area contributed by atoms with E-state index in [4.69, 9.17) is 0 Å². The Morgan fingerprint density at radius 2 is 1.44 bits per heavy atom. The number of aliphatic hydroxyl groups is 2. The molecule has 0 heterocycles. The van der Waals surface area contributed by atoms with Crippen LogP contribution in [0.1, 0.15) is 11.1 Å². The maximum absolute atomic E-state index is 11.7. The molecule has 27 heavy (non-hydrogen) atoms. The van der Waals surface area contributed by atoms with Crippen LogP contribution in [-0.2, 0) is 13.2 Å². The minimum atomic E-state index is -1.99. The topological polar surface area (TPSA) is 83.6 Å². The summed E-state index contributed by atoms with van der Waals surface area (Å²) in [5.74, 6) is 0. The van der Waals surface area contributed by atoms with Gasteiger partial charge in [-0.25, -0.2) is 0 Å². The highest BCUT2D eigenvalue weighted by atomic mass is 28.3. The lowest BCUT2D eigenvalue weighted by Crippen LogP contribution is -2.48. The molecule has 0 bridgehead atoms. The maximum Gasteiger partial charge on any atom is 0.277 e. The van der Waals surface area contributed by atoms with Gasteiger partial charge >= 0.3 is 0 Å². The number of hydrogen-bond donors (Lipinski definition) is 2. The standard InChI is InChI=1S/C20H29NO4Si2/c1-26(2,3)19-11-15(14-9-7-8-10-18(14)21(24)25)20(27(4,5)6)17(13-23)16(19)12-22/h7-11,22-23H,12-13H2,1-6H3. The first kappa shape index (κ1) is 21.5. The van der Waals surface area contributed by atoms with Crippen LogP contribution in [0.4, 0.5) is 5.69 Å². The Morgan fingerprint density at radius 1 is 0.889 bits per heavy atom. The van der Waals surface area contributed by atoms with Gasteiger partial charge in [0.15, 0.2) is 0 Å². The highest BCUT2D eigenvalue weighted by Crippen LogP contribution is 2.32. The van der Waals surface area contributed by atoms with Crippen molar-refractivity contribution < 1.29 is 15.1 Å². The monoisotopic (exact) mass is 403 g/mol. The van der Waals surface area contributed by atoms with Gasteiger partial charge in [0.05, 0.1) is 39.8 Å². The van der Waals surface area contributed by atoms with Gasteiger partial charge < -0.3 is 10.2 Å². The van der Waals surface area contributed by atoms with Crippen LogP contribution in [0.3, 0.4) is 0 Å². The van der Waals surface area contributed by atoms with Crippen molar-refractivity contribution in [2.45, 2.75) is 52.5 Å². The summed E-state index contributed by atoms with van der Waals surface area (Å²) in [6.07, 6.45) is 0. The summed E-state index contributed by atoms with van der Waals surface area (Å²) in [7, 11) is -3.85. The van der Waals surface area contributed by atoms with Gasteiger partial charge in [-0.1, -0.05) is 62.7 Å². The van der Waals surface area contributed by atoms with E-state index in [0.29, 0.717) is 5.56 Å². The van der Waals surface area contributed by atoms with E-state index in [9.17, 15) is 20.3 Å². The molecule has 146 valence electrons. The summed E-state index contributed by atoms with van der Waals surface area (Å²) in [5, 5.41) is 34.0. The molecule has 0 aromatic heterocycles. The Bertz CT molecular complexity index is 868. The van der Waals surface area contributed by atoms with Crippen LogP contribution in [0.25, 0.3) is 11.1 Å². The van der Waals surface area contributed by atoms with Gasteiger partial charge in [0.1, 0.15) is 0 Å². The largest absolute Gasteiger partial charge is 0.392 e. The Balaban J connectivity index is 3.07. The van der Waals surface area contributed by atoms with Crippen molar-refractivity contribution in [3.63, 3.8) is 0 Å². The number of nitro groups is 1. The lowest BCUT2D eigenvalue weighted by Gasteiger charge is -2.31. The Morgan fingerprint density at radius 3 is 1.89 bits per heavy atom. The second kappa shape index (κ2) is 7.67. The normalized spacial score (nSPS) is 12.3. The molecular formula is C20H29NO4Si2. The first-order valence-electron chi connectivity index (χ1n) is 9.08. The van der Waals surface area contributed by atoms with Crippen LogP contribution < -0.4 is 10.4 Å². The number of para-hydroxylation sites is 1. The molecule has 7 heteroatoms. The molecule has 5 nitrogen and oxygen atoms in total. The van der Waals surface area contributed by atoms with Crippen LogP contribution >= 0.6 is 0 Å². The Hall–Kier alpha value is -1.81. The summed E-state index contributed by atoms with van der Waals surface area (Å²) in [6, 6.07) is 8.83. The highest BCUT2D eigenvalue weighted by Gasteiger charge is 2.32. The number of rotatable bonds is 6. The van der Waals surface area contributed by atoms with E-state index in [1.54, 1.807) is 12.1 Å². The predicted molar refractivity (Wildman–Crippen MR) is 116 cm³/mol. The Kier molecular flexibility index (Phi) is 6.11. The van der Waals surface area contributed by atoms with E-state index in [2.05, 4.69) is 39.3 Å². The SMILES string of the molecule is C[Si](C)(C)c1cc(-c2ccccc2[N+](=O)[O-])c([Si](C)(C)C)c(CO)c1CO. The molecule has 2 aromatic rings. The summed E-state index contributed by atoms with van der Waals surface area (Å²) < 4.78 is 0. The van der Waals surface area contributed by atoms with Crippen molar-refractivity contribution in [1.29, 1.82) is 0 Å². The number of aliphatic hydroxyl groups excluding tert-OH is 2. The van der Waals surface area contributed by atoms with E-state index in [1.807, 2.05) is 12.1 Å². The molecular weight excluding hydrogens is 374 g/mol. The zero-order valence-electron chi connectivity index (χ0n) is 17.0. The zero-order chi connectivity index (χ0) is 20.6. The van der Waals surface area contributed by atoms with Gasteiger partial charge in [-0.15, -0.1) is 0 Å². The molecule has 0 spiro atoms.